The zero-order valence-corrected chi connectivity index (χ0v) is 21.1. The van der Waals surface area contributed by atoms with Crippen LogP contribution in [0.5, 0.6) is 0 Å². The van der Waals surface area contributed by atoms with Gasteiger partial charge in [0.25, 0.3) is 0 Å². The van der Waals surface area contributed by atoms with Gasteiger partial charge in [-0.25, -0.2) is 9.59 Å². The van der Waals surface area contributed by atoms with Gasteiger partial charge in [0.1, 0.15) is 0 Å². The quantitative estimate of drug-likeness (QED) is 0.182. The van der Waals surface area contributed by atoms with E-state index >= 15 is 0 Å². The van der Waals surface area contributed by atoms with E-state index in [-0.39, 0.29) is 24.1 Å². The molecule has 0 aromatic heterocycles. The Morgan fingerprint density at radius 3 is 1.19 bits per heavy atom. The van der Waals surface area contributed by atoms with Gasteiger partial charge in [0.05, 0.1) is 0 Å². The molecular weight excluding hydrogens is 400 g/mol. The van der Waals surface area contributed by atoms with E-state index in [2.05, 4.69) is 35.1 Å². The van der Waals surface area contributed by atoms with Gasteiger partial charge in [-0.3, -0.25) is 0 Å². The van der Waals surface area contributed by atoms with Gasteiger partial charge in [0, 0.05) is 25.2 Å². The van der Waals surface area contributed by atoms with Crippen molar-refractivity contribution in [2.24, 2.45) is 0 Å². The second-order valence-corrected chi connectivity index (χ2v) is 9.59. The third kappa shape index (κ3) is 16.2. The Morgan fingerprint density at radius 2 is 0.844 bits per heavy atom. The minimum absolute atomic E-state index is 0.0418. The van der Waals surface area contributed by atoms with Gasteiger partial charge in [0.15, 0.2) is 0 Å². The van der Waals surface area contributed by atoms with Crippen LogP contribution in [-0.2, 0) is 0 Å². The third-order valence-corrected chi connectivity index (χ3v) is 6.53. The molecule has 0 bridgehead atoms. The Bertz CT molecular complexity index is 423. The van der Waals surface area contributed by atoms with Crippen molar-refractivity contribution in [2.45, 2.75) is 142 Å². The fourth-order valence-corrected chi connectivity index (χ4v) is 4.42. The van der Waals surface area contributed by atoms with Gasteiger partial charge in [-0.1, -0.05) is 90.9 Å². The molecule has 6 heteroatoms. The molecule has 0 aromatic carbocycles. The van der Waals surface area contributed by atoms with Crippen molar-refractivity contribution < 1.29 is 9.59 Å². The molecule has 1 aliphatic carbocycles. The van der Waals surface area contributed by atoms with Gasteiger partial charge >= 0.3 is 12.1 Å². The van der Waals surface area contributed by atoms with E-state index in [1.807, 2.05) is 0 Å². The van der Waals surface area contributed by atoms with Crippen molar-refractivity contribution in [2.75, 3.05) is 13.1 Å². The topological polar surface area (TPSA) is 82.3 Å². The number of amides is 4. The lowest BCUT2D eigenvalue weighted by molar-refractivity contribution is 0.221. The van der Waals surface area contributed by atoms with Crippen LogP contribution in [0.4, 0.5) is 9.59 Å². The maximum atomic E-state index is 12.1. The van der Waals surface area contributed by atoms with Crippen LogP contribution in [0.15, 0.2) is 0 Å². The number of nitrogens with one attached hydrogen (secondary N) is 4. The number of urea groups is 2. The summed E-state index contributed by atoms with van der Waals surface area (Å²) in [6.07, 6.45) is 21.3. The zero-order chi connectivity index (χ0) is 23.3. The summed E-state index contributed by atoms with van der Waals surface area (Å²) >= 11 is 0. The molecule has 1 fully saturated rings. The summed E-state index contributed by atoms with van der Waals surface area (Å²) in [4.78, 5) is 24.2. The lowest BCUT2D eigenvalue weighted by Crippen LogP contribution is -2.48. The summed E-state index contributed by atoms with van der Waals surface area (Å²) in [6, 6.07) is 0.357. The summed E-state index contributed by atoms with van der Waals surface area (Å²) in [7, 11) is 0. The van der Waals surface area contributed by atoms with Crippen molar-refractivity contribution in [1.29, 1.82) is 0 Å². The molecular formula is C26H52N4O2. The standard InChI is InChI=1S/C26H52N4O2/c1-3-5-7-9-11-13-15-21-27-25(31)29-23-17-19-24(20-18-23)30-26(32)28-22-16-14-12-10-8-6-4-2/h23-24H,3-22H2,1-2H3,(H2,27,29,31)(H2,28,30,32). The summed E-state index contributed by atoms with van der Waals surface area (Å²) < 4.78 is 0. The van der Waals surface area contributed by atoms with Crippen molar-refractivity contribution in [3.63, 3.8) is 0 Å². The number of hydrogen-bond donors (Lipinski definition) is 4. The number of unbranched alkanes of at least 4 members (excludes halogenated alkanes) is 12. The van der Waals surface area contributed by atoms with Crippen LogP contribution >= 0.6 is 0 Å². The summed E-state index contributed by atoms with van der Waals surface area (Å²) in [6.45, 7) is 5.99. The molecule has 0 unspecified atom stereocenters. The van der Waals surface area contributed by atoms with E-state index in [1.165, 1.54) is 77.0 Å². The lowest BCUT2D eigenvalue weighted by atomic mass is 9.91. The molecule has 188 valence electrons. The van der Waals surface area contributed by atoms with Crippen LogP contribution < -0.4 is 21.3 Å². The molecule has 1 aliphatic rings. The first-order valence-corrected chi connectivity index (χ1v) is 13.7. The highest BCUT2D eigenvalue weighted by atomic mass is 16.2. The first kappa shape index (κ1) is 28.6. The van der Waals surface area contributed by atoms with Gasteiger partial charge in [0.2, 0.25) is 0 Å². The van der Waals surface area contributed by atoms with E-state index in [0.29, 0.717) is 0 Å². The molecule has 0 aliphatic heterocycles. The first-order valence-electron chi connectivity index (χ1n) is 13.7. The van der Waals surface area contributed by atoms with E-state index in [4.69, 9.17) is 0 Å². The highest BCUT2D eigenvalue weighted by molar-refractivity contribution is 5.74. The third-order valence-electron chi connectivity index (χ3n) is 6.53. The number of carbonyl (C=O) groups excluding carboxylic acids is 2. The van der Waals surface area contributed by atoms with Crippen LogP contribution in [0.1, 0.15) is 129 Å². The van der Waals surface area contributed by atoms with Crippen molar-refractivity contribution >= 4 is 12.1 Å². The van der Waals surface area contributed by atoms with Crippen LogP contribution in [0.2, 0.25) is 0 Å². The molecule has 0 saturated heterocycles. The molecule has 0 atom stereocenters. The van der Waals surface area contributed by atoms with Crippen molar-refractivity contribution in [3.8, 4) is 0 Å². The monoisotopic (exact) mass is 452 g/mol. The molecule has 32 heavy (non-hydrogen) atoms. The Morgan fingerprint density at radius 1 is 0.531 bits per heavy atom. The maximum absolute atomic E-state index is 12.1. The average molecular weight is 453 g/mol. The van der Waals surface area contributed by atoms with Gasteiger partial charge in [-0.2, -0.15) is 0 Å². The number of hydrogen-bond acceptors (Lipinski definition) is 2. The molecule has 0 aromatic rings. The highest BCUT2D eigenvalue weighted by Gasteiger charge is 2.23. The summed E-state index contributed by atoms with van der Waals surface area (Å²) in [5.41, 5.74) is 0. The van der Waals surface area contributed by atoms with Gasteiger partial charge in [-0.05, 0) is 38.5 Å². The van der Waals surface area contributed by atoms with Crippen molar-refractivity contribution in [3.05, 3.63) is 0 Å². The molecule has 6 nitrogen and oxygen atoms in total. The van der Waals surface area contributed by atoms with E-state index in [1.54, 1.807) is 0 Å². The second-order valence-electron chi connectivity index (χ2n) is 9.59. The second kappa shape index (κ2) is 20.2. The molecule has 0 heterocycles. The van der Waals surface area contributed by atoms with E-state index in [9.17, 15) is 9.59 Å². The predicted octanol–water partition coefficient (Wildman–Crippen LogP) is 6.40. The fraction of sp³-hybridized carbons (Fsp3) is 0.923. The Hall–Kier alpha value is -1.46. The maximum Gasteiger partial charge on any atom is 0.315 e. The molecule has 1 saturated carbocycles. The predicted molar refractivity (Wildman–Crippen MR) is 135 cm³/mol. The number of carbonyl (C=O) groups is 2. The molecule has 4 N–H and O–H groups in total. The zero-order valence-electron chi connectivity index (χ0n) is 21.1. The van der Waals surface area contributed by atoms with E-state index in [0.717, 1.165) is 51.6 Å². The lowest BCUT2D eigenvalue weighted by Gasteiger charge is -2.29. The Labute approximate surface area is 197 Å². The minimum Gasteiger partial charge on any atom is -0.338 e. The average Bonchev–Trinajstić information content (AvgIpc) is 2.78. The summed E-state index contributed by atoms with van der Waals surface area (Å²) in [5.74, 6) is 0. The normalized spacial score (nSPS) is 18.2. The van der Waals surface area contributed by atoms with Crippen molar-refractivity contribution in [1.82, 2.24) is 21.3 Å². The molecule has 0 radical (unpaired) electrons. The SMILES string of the molecule is CCCCCCCCCNC(=O)NC1CCC(NC(=O)NCCCCCCCCC)CC1. The fourth-order valence-electron chi connectivity index (χ4n) is 4.42. The molecule has 1 rings (SSSR count). The van der Waals surface area contributed by atoms with Gasteiger partial charge in [-0.15, -0.1) is 0 Å². The van der Waals surface area contributed by atoms with Gasteiger partial charge < -0.3 is 21.3 Å². The van der Waals surface area contributed by atoms with E-state index < -0.39 is 0 Å². The summed E-state index contributed by atoms with van der Waals surface area (Å²) in [5, 5.41) is 12.2. The smallest absolute Gasteiger partial charge is 0.315 e. The van der Waals surface area contributed by atoms with Crippen LogP contribution in [0.3, 0.4) is 0 Å². The van der Waals surface area contributed by atoms with Crippen LogP contribution in [0.25, 0.3) is 0 Å². The van der Waals surface area contributed by atoms with Crippen LogP contribution in [0, 0.1) is 0 Å². The molecule has 0 spiro atoms. The van der Waals surface area contributed by atoms with Crippen LogP contribution in [-0.4, -0.2) is 37.2 Å². The first-order chi connectivity index (χ1) is 15.7. The molecule has 4 amide bonds. The Kier molecular flexibility index (Phi) is 18.0. The number of rotatable bonds is 18. The highest BCUT2D eigenvalue weighted by Crippen LogP contribution is 2.18. The minimum atomic E-state index is -0.0418. The Balaban J connectivity index is 1.96. The largest absolute Gasteiger partial charge is 0.338 e.